The molecule has 0 saturated heterocycles. The van der Waals surface area contributed by atoms with Gasteiger partial charge in [0.05, 0.1) is 0 Å². The first-order valence-electron chi connectivity index (χ1n) is 7.85. The number of Topliss-reactive ketones (excluding diaryl/α,β-unsaturated/α-hetero) is 1. The number of aromatic hydroxyl groups is 3. The van der Waals surface area contributed by atoms with Gasteiger partial charge in [-0.3, -0.25) is 4.79 Å². The van der Waals surface area contributed by atoms with Crippen molar-refractivity contribution < 1.29 is 20.1 Å². The lowest BCUT2D eigenvalue weighted by molar-refractivity contribution is -0.119. The zero-order valence-corrected chi connectivity index (χ0v) is 13.0. The van der Waals surface area contributed by atoms with E-state index in [1.54, 1.807) is 18.2 Å². The lowest BCUT2D eigenvalue weighted by Crippen LogP contribution is -2.00. The molecule has 0 aliphatic rings. The minimum absolute atomic E-state index is 0.144. The summed E-state index contributed by atoms with van der Waals surface area (Å²) in [5.41, 5.74) is 2.01. The van der Waals surface area contributed by atoms with E-state index >= 15 is 0 Å². The lowest BCUT2D eigenvalue weighted by Gasteiger charge is -2.04. The van der Waals surface area contributed by atoms with Crippen molar-refractivity contribution in [2.24, 2.45) is 0 Å². The molecule has 4 heteroatoms. The molecule has 0 unspecified atom stereocenters. The largest absolute Gasteiger partial charge is 0.508 e. The molecule has 0 amide bonds. The van der Waals surface area contributed by atoms with Gasteiger partial charge in [0.2, 0.25) is 0 Å². The summed E-state index contributed by atoms with van der Waals surface area (Å²) in [6.07, 6.45) is 4.27. The molecule has 3 N–H and O–H groups in total. The maximum atomic E-state index is 11.9. The lowest BCUT2D eigenvalue weighted by atomic mass is 10.0. The number of hydrogen-bond acceptors (Lipinski definition) is 4. The van der Waals surface area contributed by atoms with E-state index in [4.69, 9.17) is 0 Å². The highest BCUT2D eigenvalue weighted by Crippen LogP contribution is 2.25. The van der Waals surface area contributed by atoms with Crippen LogP contribution in [0.3, 0.4) is 0 Å². The quantitative estimate of drug-likeness (QED) is 0.512. The molecule has 0 fully saturated rings. The number of ketones is 1. The summed E-state index contributed by atoms with van der Waals surface area (Å²) in [5, 5.41) is 27.9. The molecule has 0 bridgehead atoms. The molecule has 0 radical (unpaired) electrons. The summed E-state index contributed by atoms with van der Waals surface area (Å²) in [6, 6.07) is 11.8. The molecular formula is C19H22O4. The van der Waals surface area contributed by atoms with E-state index in [9.17, 15) is 20.1 Å². The highest BCUT2D eigenvalue weighted by Gasteiger charge is 2.05. The summed E-state index contributed by atoms with van der Waals surface area (Å²) in [7, 11) is 0. The van der Waals surface area contributed by atoms with E-state index in [1.807, 2.05) is 12.1 Å². The summed E-state index contributed by atoms with van der Waals surface area (Å²) in [6.45, 7) is 0. The molecule has 4 nitrogen and oxygen atoms in total. The number of benzene rings is 2. The van der Waals surface area contributed by atoms with Crippen LogP contribution in [0.15, 0.2) is 42.5 Å². The molecule has 2 aromatic rings. The van der Waals surface area contributed by atoms with Crippen LogP contribution in [0.4, 0.5) is 0 Å². The number of unbranched alkanes of at least 4 members (excludes halogenated alkanes) is 1. The van der Waals surface area contributed by atoms with E-state index in [1.165, 1.54) is 12.1 Å². The second-order valence-corrected chi connectivity index (χ2v) is 5.74. The van der Waals surface area contributed by atoms with Gasteiger partial charge in [0.1, 0.15) is 11.5 Å². The van der Waals surface area contributed by atoms with Crippen molar-refractivity contribution in [3.05, 3.63) is 53.6 Å². The molecule has 0 saturated carbocycles. The van der Waals surface area contributed by atoms with E-state index in [0.29, 0.717) is 19.3 Å². The van der Waals surface area contributed by atoms with Crippen LogP contribution in [0.25, 0.3) is 0 Å². The summed E-state index contributed by atoms with van der Waals surface area (Å²) < 4.78 is 0. The minimum Gasteiger partial charge on any atom is -0.508 e. The Morgan fingerprint density at radius 2 is 1.43 bits per heavy atom. The van der Waals surface area contributed by atoms with Gasteiger partial charge >= 0.3 is 0 Å². The maximum Gasteiger partial charge on any atom is 0.157 e. The average molecular weight is 314 g/mol. The highest BCUT2D eigenvalue weighted by atomic mass is 16.3. The van der Waals surface area contributed by atoms with Crippen LogP contribution < -0.4 is 0 Å². The van der Waals surface area contributed by atoms with Crippen molar-refractivity contribution in [2.45, 2.75) is 38.5 Å². The monoisotopic (exact) mass is 314 g/mol. The molecule has 2 rings (SSSR count). The Balaban J connectivity index is 1.65. The van der Waals surface area contributed by atoms with Gasteiger partial charge < -0.3 is 15.3 Å². The normalized spacial score (nSPS) is 10.6. The van der Waals surface area contributed by atoms with E-state index in [0.717, 1.165) is 30.4 Å². The van der Waals surface area contributed by atoms with Crippen LogP contribution in [0.2, 0.25) is 0 Å². The summed E-state index contributed by atoms with van der Waals surface area (Å²) in [5.74, 6) is 0.186. The van der Waals surface area contributed by atoms with Gasteiger partial charge in [-0.1, -0.05) is 18.2 Å². The number of hydrogen-bond donors (Lipinski definition) is 3. The fourth-order valence-electron chi connectivity index (χ4n) is 2.45. The number of phenols is 3. The van der Waals surface area contributed by atoms with Crippen molar-refractivity contribution in [3.8, 4) is 17.2 Å². The molecule has 122 valence electrons. The summed E-state index contributed by atoms with van der Waals surface area (Å²) in [4.78, 5) is 11.9. The third kappa shape index (κ3) is 5.66. The second kappa shape index (κ2) is 8.22. The standard InChI is InChI=1S/C19H22O4/c20-16(11-7-15-8-12-18(22)19(23)13-15)4-2-1-3-14-5-9-17(21)10-6-14/h5-6,8-10,12-13,21-23H,1-4,7,11H2. The van der Waals surface area contributed by atoms with Crippen molar-refractivity contribution in [3.63, 3.8) is 0 Å². The van der Waals surface area contributed by atoms with E-state index < -0.39 is 0 Å². The number of carbonyl (C=O) groups is 1. The van der Waals surface area contributed by atoms with Crippen LogP contribution in [0.1, 0.15) is 36.8 Å². The van der Waals surface area contributed by atoms with Gasteiger partial charge in [0.25, 0.3) is 0 Å². The SMILES string of the molecule is O=C(CCCCc1ccc(O)cc1)CCc1ccc(O)c(O)c1. The molecule has 0 heterocycles. The van der Waals surface area contributed by atoms with Gasteiger partial charge in [-0.05, 0) is 61.1 Å². The van der Waals surface area contributed by atoms with Gasteiger partial charge in [-0.2, -0.15) is 0 Å². The zero-order chi connectivity index (χ0) is 16.7. The first-order valence-corrected chi connectivity index (χ1v) is 7.85. The average Bonchev–Trinajstić information content (AvgIpc) is 2.54. The molecular weight excluding hydrogens is 292 g/mol. The Labute approximate surface area is 136 Å². The van der Waals surface area contributed by atoms with Gasteiger partial charge in [0, 0.05) is 12.8 Å². The van der Waals surface area contributed by atoms with Gasteiger partial charge in [-0.15, -0.1) is 0 Å². The van der Waals surface area contributed by atoms with E-state index in [2.05, 4.69) is 0 Å². The topological polar surface area (TPSA) is 77.8 Å². The third-order valence-electron chi connectivity index (χ3n) is 3.84. The Hall–Kier alpha value is -2.49. The first kappa shape index (κ1) is 16.9. The molecule has 2 aromatic carbocycles. The molecule has 0 aromatic heterocycles. The molecule has 0 spiro atoms. The molecule has 0 aliphatic carbocycles. The van der Waals surface area contributed by atoms with Gasteiger partial charge in [-0.25, -0.2) is 0 Å². The van der Waals surface area contributed by atoms with Crippen molar-refractivity contribution in [1.82, 2.24) is 0 Å². The first-order chi connectivity index (χ1) is 11.0. The number of rotatable bonds is 8. The molecule has 0 atom stereocenters. The van der Waals surface area contributed by atoms with Crippen LogP contribution in [0, 0.1) is 0 Å². The van der Waals surface area contributed by atoms with Crippen LogP contribution in [0.5, 0.6) is 17.2 Å². The summed E-state index contributed by atoms with van der Waals surface area (Å²) >= 11 is 0. The number of phenolic OH excluding ortho intramolecular Hbond substituents is 3. The highest BCUT2D eigenvalue weighted by molar-refractivity contribution is 5.78. The molecule has 23 heavy (non-hydrogen) atoms. The zero-order valence-electron chi connectivity index (χ0n) is 13.0. The maximum absolute atomic E-state index is 11.9. The fraction of sp³-hybridized carbons (Fsp3) is 0.316. The predicted molar refractivity (Wildman–Crippen MR) is 88.8 cm³/mol. The van der Waals surface area contributed by atoms with Crippen LogP contribution >= 0.6 is 0 Å². The van der Waals surface area contributed by atoms with Crippen LogP contribution in [-0.4, -0.2) is 21.1 Å². The van der Waals surface area contributed by atoms with Crippen LogP contribution in [-0.2, 0) is 17.6 Å². The third-order valence-corrected chi connectivity index (χ3v) is 3.84. The van der Waals surface area contributed by atoms with E-state index in [-0.39, 0.29) is 23.0 Å². The van der Waals surface area contributed by atoms with Crippen molar-refractivity contribution in [1.29, 1.82) is 0 Å². The Morgan fingerprint density at radius 1 is 0.739 bits per heavy atom. The predicted octanol–water partition coefficient (Wildman–Crippen LogP) is 3.72. The fourth-order valence-corrected chi connectivity index (χ4v) is 2.45. The Kier molecular flexibility index (Phi) is 6.03. The minimum atomic E-state index is -0.149. The Bertz CT molecular complexity index is 647. The van der Waals surface area contributed by atoms with Crippen molar-refractivity contribution >= 4 is 5.78 Å². The number of aryl methyl sites for hydroxylation is 2. The molecule has 0 aliphatic heterocycles. The van der Waals surface area contributed by atoms with Crippen molar-refractivity contribution in [2.75, 3.05) is 0 Å². The second-order valence-electron chi connectivity index (χ2n) is 5.74. The number of carbonyl (C=O) groups excluding carboxylic acids is 1. The van der Waals surface area contributed by atoms with Gasteiger partial charge in [0.15, 0.2) is 11.5 Å². The Morgan fingerprint density at radius 3 is 2.13 bits per heavy atom. The smallest absolute Gasteiger partial charge is 0.157 e.